The zero-order valence-corrected chi connectivity index (χ0v) is 16.3. The molecule has 0 spiro atoms. The lowest BCUT2D eigenvalue weighted by Gasteiger charge is -2.13. The van der Waals surface area contributed by atoms with E-state index in [4.69, 9.17) is 14.2 Å². The summed E-state index contributed by atoms with van der Waals surface area (Å²) < 4.78 is 30.8. The molecule has 5 nitrogen and oxygen atoms in total. The van der Waals surface area contributed by atoms with Gasteiger partial charge in [0.1, 0.15) is 5.82 Å². The van der Waals surface area contributed by atoms with Crippen LogP contribution in [-0.4, -0.2) is 27.2 Å². The second-order valence-corrected chi connectivity index (χ2v) is 6.98. The van der Waals surface area contributed by atoms with E-state index in [2.05, 4.69) is 5.32 Å². The molecule has 0 aliphatic heterocycles. The van der Waals surface area contributed by atoms with Crippen LogP contribution < -0.4 is 14.8 Å². The van der Waals surface area contributed by atoms with Gasteiger partial charge in [-0.25, -0.2) is 4.39 Å². The number of halogens is 1. The average molecular weight is 389 g/mol. The fourth-order valence-electron chi connectivity index (χ4n) is 2.93. The Hall–Kier alpha value is -2.64. The molecule has 0 radical (unpaired) electrons. The van der Waals surface area contributed by atoms with Crippen LogP contribution in [0, 0.1) is 12.7 Å². The van der Waals surface area contributed by atoms with Crippen molar-refractivity contribution in [3.8, 4) is 11.5 Å². The van der Waals surface area contributed by atoms with Gasteiger partial charge < -0.3 is 19.5 Å². The summed E-state index contributed by atoms with van der Waals surface area (Å²) in [5.41, 5.74) is 1.96. The Morgan fingerprint density at radius 3 is 2.52 bits per heavy atom. The van der Waals surface area contributed by atoms with Gasteiger partial charge in [0.2, 0.25) is 0 Å². The zero-order valence-electron chi connectivity index (χ0n) is 15.5. The van der Waals surface area contributed by atoms with E-state index in [9.17, 15) is 9.18 Å². The molecule has 3 aromatic rings. The van der Waals surface area contributed by atoms with Gasteiger partial charge in [-0.2, -0.15) is 0 Å². The lowest BCUT2D eigenvalue weighted by Crippen LogP contribution is -2.13. The molecular weight excluding hydrogens is 369 g/mol. The standard InChI is InChI=1S/C20H20FNO4S/c1-11-8-15(25-3)16(26-4)9-14(11)22-20(23)19-12(10-24-2)18-13(21)6-5-7-17(18)27-19/h5-9H,10H2,1-4H3,(H,22,23). The Labute approximate surface area is 160 Å². The molecule has 0 bridgehead atoms. The van der Waals surface area contributed by atoms with E-state index >= 15 is 0 Å². The number of amides is 1. The van der Waals surface area contributed by atoms with Gasteiger partial charge in [0.05, 0.1) is 25.7 Å². The quantitative estimate of drug-likeness (QED) is 0.660. The van der Waals surface area contributed by atoms with Crippen LogP contribution in [0.15, 0.2) is 30.3 Å². The van der Waals surface area contributed by atoms with Gasteiger partial charge in [0.25, 0.3) is 5.91 Å². The van der Waals surface area contributed by atoms with Crippen molar-refractivity contribution in [2.75, 3.05) is 26.6 Å². The summed E-state index contributed by atoms with van der Waals surface area (Å²) in [4.78, 5) is 13.4. The fraction of sp³-hybridized carbons (Fsp3) is 0.250. The molecule has 1 N–H and O–H groups in total. The van der Waals surface area contributed by atoms with Crippen molar-refractivity contribution in [2.24, 2.45) is 0 Å². The Morgan fingerprint density at radius 2 is 1.85 bits per heavy atom. The normalized spacial score (nSPS) is 10.9. The van der Waals surface area contributed by atoms with Crippen LogP contribution in [0.2, 0.25) is 0 Å². The van der Waals surface area contributed by atoms with Crippen molar-refractivity contribution in [3.63, 3.8) is 0 Å². The lowest BCUT2D eigenvalue weighted by molar-refractivity contribution is 0.102. The predicted octanol–water partition coefficient (Wildman–Crippen LogP) is 4.76. The summed E-state index contributed by atoms with van der Waals surface area (Å²) >= 11 is 1.24. The van der Waals surface area contributed by atoms with Gasteiger partial charge in [-0.05, 0) is 30.7 Å². The number of hydrogen-bond acceptors (Lipinski definition) is 5. The molecule has 0 atom stereocenters. The average Bonchev–Trinajstić information content (AvgIpc) is 3.03. The van der Waals surface area contributed by atoms with Crippen molar-refractivity contribution in [1.29, 1.82) is 0 Å². The first-order chi connectivity index (χ1) is 13.0. The van der Waals surface area contributed by atoms with Gasteiger partial charge in [-0.15, -0.1) is 11.3 Å². The Kier molecular flexibility index (Phi) is 5.62. The number of rotatable bonds is 6. The van der Waals surface area contributed by atoms with Crippen LogP contribution in [-0.2, 0) is 11.3 Å². The van der Waals surface area contributed by atoms with Crippen LogP contribution in [0.4, 0.5) is 10.1 Å². The zero-order chi connectivity index (χ0) is 19.6. The van der Waals surface area contributed by atoms with Crippen LogP contribution in [0.5, 0.6) is 11.5 Å². The molecule has 1 heterocycles. The number of methoxy groups -OCH3 is 3. The third kappa shape index (κ3) is 3.61. The molecule has 1 aromatic heterocycles. The first kappa shape index (κ1) is 19.1. The highest BCUT2D eigenvalue weighted by Gasteiger charge is 2.21. The number of benzene rings is 2. The molecule has 2 aromatic carbocycles. The third-order valence-corrected chi connectivity index (χ3v) is 5.43. The summed E-state index contributed by atoms with van der Waals surface area (Å²) in [7, 11) is 4.60. The van der Waals surface area contributed by atoms with E-state index in [0.717, 1.165) is 5.56 Å². The van der Waals surface area contributed by atoms with Crippen molar-refractivity contribution in [1.82, 2.24) is 0 Å². The van der Waals surface area contributed by atoms with Gasteiger partial charge in [-0.1, -0.05) is 6.07 Å². The van der Waals surface area contributed by atoms with Crippen LogP contribution in [0.25, 0.3) is 10.1 Å². The SMILES string of the molecule is COCc1c(C(=O)Nc2cc(OC)c(OC)cc2C)sc2cccc(F)c12. The third-order valence-electron chi connectivity index (χ3n) is 4.24. The summed E-state index contributed by atoms with van der Waals surface area (Å²) in [5, 5.41) is 3.32. The molecular formula is C20H20FNO4S. The molecule has 7 heteroatoms. The first-order valence-electron chi connectivity index (χ1n) is 8.23. The maximum Gasteiger partial charge on any atom is 0.266 e. The highest BCUT2D eigenvalue weighted by molar-refractivity contribution is 7.21. The fourth-order valence-corrected chi connectivity index (χ4v) is 4.04. The first-order valence-corrected chi connectivity index (χ1v) is 9.04. The maximum absolute atomic E-state index is 14.3. The number of aryl methyl sites for hydroxylation is 1. The second-order valence-electron chi connectivity index (χ2n) is 5.93. The molecule has 0 saturated carbocycles. The number of fused-ring (bicyclic) bond motifs is 1. The molecule has 0 aliphatic carbocycles. The molecule has 0 unspecified atom stereocenters. The summed E-state index contributed by atoms with van der Waals surface area (Å²) in [6.07, 6.45) is 0. The number of anilines is 1. The summed E-state index contributed by atoms with van der Waals surface area (Å²) in [6.45, 7) is 2.01. The minimum absolute atomic E-state index is 0.147. The molecule has 142 valence electrons. The second kappa shape index (κ2) is 7.94. The number of hydrogen-bond donors (Lipinski definition) is 1. The topological polar surface area (TPSA) is 56.8 Å². The van der Waals surface area contributed by atoms with Gasteiger partial charge in [-0.3, -0.25) is 4.79 Å². The Bertz CT molecular complexity index is 999. The van der Waals surface area contributed by atoms with Crippen molar-refractivity contribution in [3.05, 3.63) is 52.2 Å². The van der Waals surface area contributed by atoms with Gasteiger partial charge in [0.15, 0.2) is 11.5 Å². The van der Waals surface area contributed by atoms with E-state index < -0.39 is 0 Å². The lowest BCUT2D eigenvalue weighted by atomic mass is 10.1. The molecule has 3 rings (SSSR count). The number of nitrogens with one attached hydrogen (secondary N) is 1. The van der Waals surface area contributed by atoms with E-state index in [1.54, 1.807) is 31.4 Å². The van der Waals surface area contributed by atoms with Crippen LogP contribution in [0.1, 0.15) is 20.8 Å². The molecule has 27 heavy (non-hydrogen) atoms. The molecule has 1 amide bonds. The van der Waals surface area contributed by atoms with Crippen LogP contribution >= 0.6 is 11.3 Å². The summed E-state index contributed by atoms with van der Waals surface area (Å²) in [6, 6.07) is 8.30. The minimum Gasteiger partial charge on any atom is -0.493 e. The smallest absolute Gasteiger partial charge is 0.266 e. The largest absolute Gasteiger partial charge is 0.493 e. The van der Waals surface area contributed by atoms with Crippen molar-refractivity contribution in [2.45, 2.75) is 13.5 Å². The minimum atomic E-state index is -0.364. The highest BCUT2D eigenvalue weighted by atomic mass is 32.1. The van der Waals surface area contributed by atoms with Crippen LogP contribution in [0.3, 0.4) is 0 Å². The Balaban J connectivity index is 2.02. The van der Waals surface area contributed by atoms with Gasteiger partial charge >= 0.3 is 0 Å². The Morgan fingerprint density at radius 1 is 1.15 bits per heavy atom. The number of carbonyl (C=O) groups is 1. The summed E-state index contributed by atoms with van der Waals surface area (Å²) in [5.74, 6) is 0.407. The molecule has 0 fully saturated rings. The number of ether oxygens (including phenoxy) is 3. The van der Waals surface area contributed by atoms with Crippen molar-refractivity contribution >= 4 is 33.0 Å². The maximum atomic E-state index is 14.3. The van der Waals surface area contributed by atoms with E-state index in [1.165, 1.54) is 31.6 Å². The van der Waals surface area contributed by atoms with Gasteiger partial charge in [0, 0.05) is 34.5 Å². The number of carbonyl (C=O) groups excluding carboxylic acids is 1. The van der Waals surface area contributed by atoms with E-state index in [1.807, 2.05) is 6.92 Å². The predicted molar refractivity (Wildman–Crippen MR) is 105 cm³/mol. The number of thiophene rings is 1. The highest BCUT2D eigenvalue weighted by Crippen LogP contribution is 2.36. The monoisotopic (exact) mass is 389 g/mol. The van der Waals surface area contributed by atoms with E-state index in [-0.39, 0.29) is 18.3 Å². The molecule has 0 saturated heterocycles. The van der Waals surface area contributed by atoms with E-state index in [0.29, 0.717) is 37.7 Å². The molecule has 0 aliphatic rings. The van der Waals surface area contributed by atoms with Crippen molar-refractivity contribution < 1.29 is 23.4 Å².